The van der Waals surface area contributed by atoms with Crippen molar-refractivity contribution >= 4 is 5.96 Å². The minimum atomic E-state index is -4.31. The average molecular weight is 361 g/mol. The fourth-order valence-electron chi connectivity index (χ4n) is 2.05. The Kier molecular flexibility index (Phi) is 9.94. The number of hydrogen-bond acceptors (Lipinski definition) is 3. The van der Waals surface area contributed by atoms with Gasteiger partial charge in [-0.05, 0) is 24.5 Å². The Balaban J connectivity index is 2.36. The fourth-order valence-corrected chi connectivity index (χ4v) is 2.05. The topological polar surface area (TPSA) is 54.9 Å². The molecule has 8 heteroatoms. The highest BCUT2D eigenvalue weighted by molar-refractivity contribution is 5.79. The normalized spacial score (nSPS) is 12.3. The minimum Gasteiger partial charge on any atom is -0.382 e. The molecule has 0 heterocycles. The van der Waals surface area contributed by atoms with Gasteiger partial charge < -0.3 is 20.1 Å². The lowest BCUT2D eigenvalue weighted by atomic mass is 10.1. The van der Waals surface area contributed by atoms with Crippen molar-refractivity contribution in [1.29, 1.82) is 0 Å². The summed E-state index contributed by atoms with van der Waals surface area (Å²) in [5, 5.41) is 6.33. The highest BCUT2D eigenvalue weighted by Gasteiger charge is 2.27. The van der Waals surface area contributed by atoms with Gasteiger partial charge >= 0.3 is 6.18 Å². The molecule has 0 spiro atoms. The first kappa shape index (κ1) is 21.2. The first-order valence-corrected chi connectivity index (χ1v) is 8.19. The third kappa shape index (κ3) is 10.6. The predicted molar refractivity (Wildman–Crippen MR) is 91.5 cm³/mol. The van der Waals surface area contributed by atoms with E-state index in [1.54, 1.807) is 19.2 Å². The molecule has 0 unspecified atom stereocenters. The molecule has 1 rings (SSSR count). The molecule has 1 aromatic rings. The molecule has 142 valence electrons. The van der Waals surface area contributed by atoms with Crippen molar-refractivity contribution in [2.75, 3.05) is 33.4 Å². The van der Waals surface area contributed by atoms with Gasteiger partial charge in [-0.2, -0.15) is 13.2 Å². The Hall–Kier alpha value is -1.80. The molecule has 0 aromatic heterocycles. The van der Waals surface area contributed by atoms with Crippen LogP contribution in [-0.4, -0.2) is 45.5 Å². The first-order valence-electron chi connectivity index (χ1n) is 8.19. The summed E-state index contributed by atoms with van der Waals surface area (Å²) in [5.41, 5.74) is 1.63. The van der Waals surface area contributed by atoms with E-state index in [0.29, 0.717) is 31.3 Å². The minimum absolute atomic E-state index is 0.0717. The molecule has 0 atom stereocenters. The molecule has 0 bridgehead atoms. The lowest BCUT2D eigenvalue weighted by molar-refractivity contribution is -0.176. The van der Waals surface area contributed by atoms with Crippen LogP contribution in [0.5, 0.6) is 0 Å². The molecule has 0 radical (unpaired) electrons. The summed E-state index contributed by atoms with van der Waals surface area (Å²) in [5.74, 6) is 0.662. The molecule has 0 amide bonds. The second-order valence-electron chi connectivity index (χ2n) is 5.33. The van der Waals surface area contributed by atoms with Crippen molar-refractivity contribution in [3.8, 4) is 0 Å². The maximum absolute atomic E-state index is 12.1. The van der Waals surface area contributed by atoms with E-state index in [1.807, 2.05) is 19.1 Å². The molecular formula is C17H26F3N3O2. The van der Waals surface area contributed by atoms with Crippen LogP contribution in [0.2, 0.25) is 0 Å². The number of hydrogen-bond donors (Lipinski definition) is 2. The number of alkyl halides is 3. The summed E-state index contributed by atoms with van der Waals surface area (Å²) in [6, 6.07) is 7.23. The van der Waals surface area contributed by atoms with Crippen LogP contribution in [0.25, 0.3) is 0 Å². The zero-order chi connectivity index (χ0) is 18.5. The molecule has 0 saturated carbocycles. The van der Waals surface area contributed by atoms with Crippen LogP contribution in [0.1, 0.15) is 24.5 Å². The van der Waals surface area contributed by atoms with E-state index < -0.39 is 12.8 Å². The number of nitrogens with zero attached hydrogens (tertiary/aromatic N) is 1. The van der Waals surface area contributed by atoms with Gasteiger partial charge in [-0.1, -0.05) is 24.3 Å². The zero-order valence-corrected chi connectivity index (χ0v) is 14.7. The van der Waals surface area contributed by atoms with Crippen molar-refractivity contribution in [3.63, 3.8) is 0 Å². The van der Waals surface area contributed by atoms with Crippen molar-refractivity contribution < 1.29 is 22.6 Å². The van der Waals surface area contributed by atoms with E-state index in [9.17, 15) is 13.2 Å². The molecular weight excluding hydrogens is 335 g/mol. The number of aliphatic imine (C=N–C) groups is 1. The quantitative estimate of drug-likeness (QED) is 0.382. The smallest absolute Gasteiger partial charge is 0.382 e. The van der Waals surface area contributed by atoms with E-state index >= 15 is 0 Å². The van der Waals surface area contributed by atoms with Crippen LogP contribution in [0.3, 0.4) is 0 Å². The third-order valence-electron chi connectivity index (χ3n) is 3.17. The van der Waals surface area contributed by atoms with Gasteiger partial charge in [-0.3, -0.25) is 4.99 Å². The maximum Gasteiger partial charge on any atom is 0.411 e. The third-order valence-corrected chi connectivity index (χ3v) is 3.17. The molecule has 0 aliphatic carbocycles. The fraction of sp³-hybridized carbons (Fsp3) is 0.588. The molecule has 25 heavy (non-hydrogen) atoms. The summed E-state index contributed by atoms with van der Waals surface area (Å²) in [6.07, 6.45) is -3.43. The molecule has 0 aliphatic rings. The zero-order valence-electron chi connectivity index (χ0n) is 14.7. The number of guanidine groups is 1. The van der Waals surface area contributed by atoms with Gasteiger partial charge in [0.05, 0.1) is 6.61 Å². The van der Waals surface area contributed by atoms with E-state index in [4.69, 9.17) is 4.74 Å². The monoisotopic (exact) mass is 361 g/mol. The predicted octanol–water partition coefficient (Wildman–Crippen LogP) is 2.86. The van der Waals surface area contributed by atoms with Gasteiger partial charge in [-0.25, -0.2) is 0 Å². The second-order valence-corrected chi connectivity index (χ2v) is 5.33. The van der Waals surface area contributed by atoms with Gasteiger partial charge in [0.25, 0.3) is 0 Å². The molecule has 0 aliphatic heterocycles. The van der Waals surface area contributed by atoms with Crippen LogP contribution >= 0.6 is 0 Å². The summed E-state index contributed by atoms with van der Waals surface area (Å²) >= 11 is 0. The van der Waals surface area contributed by atoms with Crippen LogP contribution in [0.15, 0.2) is 29.3 Å². The van der Waals surface area contributed by atoms with E-state index in [-0.39, 0.29) is 6.61 Å². The number of ether oxygens (including phenoxy) is 2. The highest BCUT2D eigenvalue weighted by Crippen LogP contribution is 2.16. The first-order chi connectivity index (χ1) is 11.9. The van der Waals surface area contributed by atoms with Crippen molar-refractivity contribution in [3.05, 3.63) is 35.4 Å². The average Bonchev–Trinajstić information content (AvgIpc) is 2.56. The van der Waals surface area contributed by atoms with E-state index in [2.05, 4.69) is 20.4 Å². The van der Waals surface area contributed by atoms with Crippen LogP contribution in [0, 0.1) is 0 Å². The molecule has 0 fully saturated rings. The SMILES string of the molecule is CCOCCCNC(=NC)NCc1cccc(COCC(F)(F)F)c1. The Labute approximate surface area is 146 Å². The van der Waals surface area contributed by atoms with Crippen molar-refractivity contribution in [2.45, 2.75) is 32.7 Å². The number of benzene rings is 1. The van der Waals surface area contributed by atoms with Gasteiger partial charge in [0.15, 0.2) is 5.96 Å². The Morgan fingerprint density at radius 3 is 2.60 bits per heavy atom. The van der Waals surface area contributed by atoms with Crippen molar-refractivity contribution in [1.82, 2.24) is 10.6 Å². The van der Waals surface area contributed by atoms with Gasteiger partial charge in [0.1, 0.15) is 6.61 Å². The number of rotatable bonds is 10. The van der Waals surface area contributed by atoms with Crippen LogP contribution < -0.4 is 10.6 Å². The Bertz CT molecular complexity index is 522. The molecule has 0 saturated heterocycles. The standard InChI is InChI=1S/C17H26F3N3O2/c1-3-24-9-5-8-22-16(21-2)23-11-14-6-4-7-15(10-14)12-25-13-17(18,19)20/h4,6-7,10H,3,5,8-9,11-13H2,1-2H3,(H2,21,22,23). The summed E-state index contributed by atoms with van der Waals surface area (Å²) in [6.45, 7) is 3.29. The molecule has 1 aromatic carbocycles. The van der Waals surface area contributed by atoms with Crippen LogP contribution in [-0.2, 0) is 22.6 Å². The number of halogens is 3. The number of nitrogens with one attached hydrogen (secondary N) is 2. The Morgan fingerprint density at radius 2 is 1.92 bits per heavy atom. The molecule has 5 nitrogen and oxygen atoms in total. The lowest BCUT2D eigenvalue weighted by Gasteiger charge is -2.13. The van der Waals surface area contributed by atoms with Crippen LogP contribution in [0.4, 0.5) is 13.2 Å². The van der Waals surface area contributed by atoms with Crippen molar-refractivity contribution in [2.24, 2.45) is 4.99 Å². The Morgan fingerprint density at radius 1 is 1.16 bits per heavy atom. The van der Waals surface area contributed by atoms with Gasteiger partial charge in [-0.15, -0.1) is 0 Å². The largest absolute Gasteiger partial charge is 0.411 e. The highest BCUT2D eigenvalue weighted by atomic mass is 19.4. The van der Waals surface area contributed by atoms with Gasteiger partial charge in [0.2, 0.25) is 0 Å². The molecule has 2 N–H and O–H groups in total. The van der Waals surface area contributed by atoms with E-state index in [0.717, 1.165) is 18.5 Å². The lowest BCUT2D eigenvalue weighted by Crippen LogP contribution is -2.37. The summed E-state index contributed by atoms with van der Waals surface area (Å²) < 4.78 is 46.2. The second kappa shape index (κ2) is 11.7. The maximum atomic E-state index is 12.1. The summed E-state index contributed by atoms with van der Waals surface area (Å²) in [7, 11) is 1.68. The summed E-state index contributed by atoms with van der Waals surface area (Å²) in [4.78, 5) is 4.12. The van der Waals surface area contributed by atoms with Gasteiger partial charge in [0, 0.05) is 33.4 Å². The van der Waals surface area contributed by atoms with E-state index in [1.165, 1.54) is 0 Å².